The summed E-state index contributed by atoms with van der Waals surface area (Å²) in [6.45, 7) is 4.25. The van der Waals surface area contributed by atoms with E-state index in [0.717, 1.165) is 17.7 Å². The van der Waals surface area contributed by atoms with Crippen LogP contribution in [0.5, 0.6) is 0 Å². The average Bonchev–Trinajstić information content (AvgIpc) is 3.28. The zero-order valence-electron chi connectivity index (χ0n) is 17.2. The number of aromatic nitrogens is 2. The fourth-order valence-corrected chi connectivity index (χ4v) is 3.69. The van der Waals surface area contributed by atoms with Gasteiger partial charge in [-0.25, -0.2) is 0 Å². The number of nitrogens with one attached hydrogen (secondary N) is 1. The van der Waals surface area contributed by atoms with Crippen LogP contribution in [-0.2, 0) is 11.2 Å². The Bertz CT molecular complexity index is 1000. The van der Waals surface area contributed by atoms with E-state index in [1.54, 1.807) is 11.0 Å². The Morgan fingerprint density at radius 2 is 1.60 bits per heavy atom. The number of carbonyl (C=O) groups excluding carboxylic acids is 2. The number of rotatable bonds is 5. The van der Waals surface area contributed by atoms with Gasteiger partial charge >= 0.3 is 0 Å². The van der Waals surface area contributed by atoms with Crippen LogP contribution in [0.3, 0.4) is 0 Å². The molecule has 0 spiro atoms. The van der Waals surface area contributed by atoms with Crippen LogP contribution in [0, 0.1) is 6.92 Å². The summed E-state index contributed by atoms with van der Waals surface area (Å²) in [5.74, 6) is 0.0754. The van der Waals surface area contributed by atoms with Gasteiger partial charge in [0.05, 0.1) is 5.69 Å². The van der Waals surface area contributed by atoms with Crippen molar-refractivity contribution >= 4 is 11.8 Å². The molecule has 6 nitrogen and oxygen atoms in total. The largest absolute Gasteiger partial charge is 0.339 e. The molecule has 3 aromatic rings. The second-order valence-electron chi connectivity index (χ2n) is 7.69. The quantitative estimate of drug-likeness (QED) is 0.712. The number of aryl methyl sites for hydroxylation is 2. The molecule has 2 heterocycles. The third-order valence-corrected chi connectivity index (χ3v) is 5.55. The Kier molecular flexibility index (Phi) is 5.93. The van der Waals surface area contributed by atoms with E-state index in [-0.39, 0.29) is 11.8 Å². The van der Waals surface area contributed by atoms with Gasteiger partial charge in [-0.15, -0.1) is 0 Å². The van der Waals surface area contributed by atoms with Crippen molar-refractivity contribution < 1.29 is 9.59 Å². The minimum absolute atomic E-state index is 0.0720. The molecular weight excluding hydrogens is 376 g/mol. The first-order chi connectivity index (χ1) is 14.6. The first-order valence-corrected chi connectivity index (χ1v) is 10.3. The van der Waals surface area contributed by atoms with Gasteiger partial charge in [0.25, 0.3) is 5.91 Å². The van der Waals surface area contributed by atoms with Crippen LogP contribution >= 0.6 is 0 Å². The average molecular weight is 402 g/mol. The molecule has 0 bridgehead atoms. The van der Waals surface area contributed by atoms with E-state index in [0.29, 0.717) is 38.3 Å². The number of piperazine rings is 1. The molecule has 1 N–H and O–H groups in total. The first kappa shape index (κ1) is 19.9. The molecule has 0 aliphatic carbocycles. The monoisotopic (exact) mass is 402 g/mol. The van der Waals surface area contributed by atoms with Crippen LogP contribution < -0.4 is 0 Å². The van der Waals surface area contributed by atoms with E-state index < -0.39 is 0 Å². The molecule has 154 valence electrons. The SMILES string of the molecule is Cc1ccc(-c2cc(C(=O)N3CCN(C(=O)CCc4ccccc4)CC3)[nH]n2)cc1. The van der Waals surface area contributed by atoms with Gasteiger partial charge in [0.1, 0.15) is 5.69 Å². The van der Waals surface area contributed by atoms with E-state index in [9.17, 15) is 9.59 Å². The van der Waals surface area contributed by atoms with E-state index in [1.165, 1.54) is 11.1 Å². The number of aromatic amines is 1. The van der Waals surface area contributed by atoms with Crippen LogP contribution in [0.4, 0.5) is 0 Å². The highest BCUT2D eigenvalue weighted by Crippen LogP contribution is 2.19. The molecule has 2 amide bonds. The fraction of sp³-hybridized carbons (Fsp3) is 0.292. The number of nitrogens with zero attached hydrogens (tertiary/aromatic N) is 3. The normalized spacial score (nSPS) is 14.0. The lowest BCUT2D eigenvalue weighted by atomic mass is 10.1. The predicted molar refractivity (Wildman–Crippen MR) is 116 cm³/mol. The minimum Gasteiger partial charge on any atom is -0.339 e. The van der Waals surface area contributed by atoms with Crippen LogP contribution in [-0.4, -0.2) is 58.0 Å². The number of carbonyl (C=O) groups is 2. The van der Waals surface area contributed by atoms with Gasteiger partial charge in [-0.1, -0.05) is 60.2 Å². The van der Waals surface area contributed by atoms with Crippen molar-refractivity contribution in [1.29, 1.82) is 0 Å². The maximum atomic E-state index is 12.8. The molecule has 1 aliphatic heterocycles. The molecule has 0 unspecified atom stereocenters. The van der Waals surface area contributed by atoms with E-state index in [4.69, 9.17) is 0 Å². The molecule has 6 heteroatoms. The molecule has 0 atom stereocenters. The summed E-state index contributed by atoms with van der Waals surface area (Å²) in [6, 6.07) is 19.9. The number of hydrogen-bond acceptors (Lipinski definition) is 3. The molecule has 4 rings (SSSR count). The Balaban J connectivity index is 1.30. The Morgan fingerprint density at radius 1 is 0.933 bits per heavy atom. The second-order valence-corrected chi connectivity index (χ2v) is 7.69. The van der Waals surface area contributed by atoms with Crippen molar-refractivity contribution in [1.82, 2.24) is 20.0 Å². The van der Waals surface area contributed by atoms with Gasteiger partial charge in [0.2, 0.25) is 5.91 Å². The molecule has 30 heavy (non-hydrogen) atoms. The third kappa shape index (κ3) is 4.59. The molecule has 0 saturated carbocycles. The van der Waals surface area contributed by atoms with Crippen LogP contribution in [0.25, 0.3) is 11.3 Å². The maximum Gasteiger partial charge on any atom is 0.272 e. The van der Waals surface area contributed by atoms with Crippen molar-refractivity contribution in [3.63, 3.8) is 0 Å². The molecule has 1 saturated heterocycles. The number of hydrogen-bond donors (Lipinski definition) is 1. The molecule has 1 aromatic heterocycles. The van der Waals surface area contributed by atoms with Crippen molar-refractivity contribution in [2.45, 2.75) is 19.8 Å². The van der Waals surface area contributed by atoms with Gasteiger partial charge in [-0.3, -0.25) is 14.7 Å². The Morgan fingerprint density at radius 3 is 2.30 bits per heavy atom. The summed E-state index contributed by atoms with van der Waals surface area (Å²) in [5.41, 5.74) is 4.57. The topological polar surface area (TPSA) is 69.3 Å². The Hall–Kier alpha value is -3.41. The van der Waals surface area contributed by atoms with Gasteiger partial charge in [-0.2, -0.15) is 5.10 Å². The lowest BCUT2D eigenvalue weighted by Crippen LogP contribution is -2.50. The highest BCUT2D eigenvalue weighted by atomic mass is 16.2. The second kappa shape index (κ2) is 8.95. The van der Waals surface area contributed by atoms with E-state index in [1.807, 2.05) is 66.4 Å². The van der Waals surface area contributed by atoms with Gasteiger partial charge < -0.3 is 9.80 Å². The standard InChI is InChI=1S/C24H26N4O2/c1-18-7-10-20(11-8-18)21-17-22(26-25-21)24(30)28-15-13-27(14-16-28)23(29)12-9-19-5-3-2-4-6-19/h2-8,10-11,17H,9,12-16H2,1H3,(H,25,26). The molecule has 0 radical (unpaired) electrons. The maximum absolute atomic E-state index is 12.8. The number of H-pyrrole nitrogens is 1. The zero-order valence-corrected chi connectivity index (χ0v) is 17.2. The van der Waals surface area contributed by atoms with Crippen LogP contribution in [0.2, 0.25) is 0 Å². The predicted octanol–water partition coefficient (Wildman–Crippen LogP) is 3.30. The number of benzene rings is 2. The molecular formula is C24H26N4O2. The first-order valence-electron chi connectivity index (χ1n) is 10.3. The summed E-state index contributed by atoms with van der Waals surface area (Å²) in [6.07, 6.45) is 1.24. The Labute approximate surface area is 176 Å². The van der Waals surface area contributed by atoms with E-state index in [2.05, 4.69) is 10.2 Å². The smallest absolute Gasteiger partial charge is 0.272 e. The van der Waals surface area contributed by atoms with Crippen molar-refractivity contribution in [3.05, 3.63) is 77.5 Å². The van der Waals surface area contributed by atoms with Gasteiger partial charge in [0, 0.05) is 38.2 Å². The van der Waals surface area contributed by atoms with Gasteiger partial charge in [-0.05, 0) is 25.0 Å². The fourth-order valence-electron chi connectivity index (χ4n) is 3.69. The zero-order chi connectivity index (χ0) is 20.9. The van der Waals surface area contributed by atoms with Crippen LogP contribution in [0.1, 0.15) is 28.0 Å². The lowest BCUT2D eigenvalue weighted by Gasteiger charge is -2.34. The highest BCUT2D eigenvalue weighted by Gasteiger charge is 2.25. The highest BCUT2D eigenvalue weighted by molar-refractivity contribution is 5.93. The van der Waals surface area contributed by atoms with Crippen molar-refractivity contribution in [2.75, 3.05) is 26.2 Å². The third-order valence-electron chi connectivity index (χ3n) is 5.55. The van der Waals surface area contributed by atoms with Gasteiger partial charge in [0.15, 0.2) is 0 Å². The summed E-state index contributed by atoms with van der Waals surface area (Å²) in [5, 5.41) is 7.16. The summed E-state index contributed by atoms with van der Waals surface area (Å²) >= 11 is 0. The summed E-state index contributed by atoms with van der Waals surface area (Å²) in [4.78, 5) is 29.0. The van der Waals surface area contributed by atoms with Crippen molar-refractivity contribution in [2.24, 2.45) is 0 Å². The summed E-state index contributed by atoms with van der Waals surface area (Å²) < 4.78 is 0. The minimum atomic E-state index is -0.0720. The number of amides is 2. The molecule has 2 aromatic carbocycles. The summed E-state index contributed by atoms with van der Waals surface area (Å²) in [7, 11) is 0. The lowest BCUT2D eigenvalue weighted by molar-refractivity contribution is -0.132. The van der Waals surface area contributed by atoms with E-state index >= 15 is 0 Å². The van der Waals surface area contributed by atoms with Crippen molar-refractivity contribution in [3.8, 4) is 11.3 Å². The molecule has 1 fully saturated rings. The molecule has 1 aliphatic rings. The van der Waals surface area contributed by atoms with Crippen LogP contribution in [0.15, 0.2) is 60.7 Å².